The van der Waals surface area contributed by atoms with Crippen LogP contribution in [0.2, 0.25) is 0 Å². The summed E-state index contributed by atoms with van der Waals surface area (Å²) < 4.78 is 6.55. The molecule has 4 heterocycles. The second kappa shape index (κ2) is 15.5. The molecule has 4 aromatic heterocycles. The third-order valence-corrected chi connectivity index (χ3v) is 11.3. The van der Waals surface area contributed by atoms with Crippen molar-refractivity contribution in [3.8, 4) is 89.5 Å². The van der Waals surface area contributed by atoms with Crippen molar-refractivity contribution in [1.29, 1.82) is 0 Å². The van der Waals surface area contributed by atoms with Gasteiger partial charge in [0.15, 0.2) is 5.82 Å². The highest BCUT2D eigenvalue weighted by Crippen LogP contribution is 2.39. The van der Waals surface area contributed by atoms with Gasteiger partial charge in [-0.15, -0.1) is 0 Å². The van der Waals surface area contributed by atoms with Gasteiger partial charge in [0.05, 0.1) is 17.0 Å². The first-order valence-electron chi connectivity index (χ1n) is 20.3. The van der Waals surface area contributed by atoms with Crippen molar-refractivity contribution in [3.63, 3.8) is 0 Å². The molecule has 11 rings (SSSR count). The summed E-state index contributed by atoms with van der Waals surface area (Å²) in [4.78, 5) is 19.5. The van der Waals surface area contributed by atoms with Crippen LogP contribution in [0.15, 0.2) is 223 Å². The summed E-state index contributed by atoms with van der Waals surface area (Å²) in [5.74, 6) is 0.591. The van der Waals surface area contributed by atoms with Crippen molar-refractivity contribution in [2.24, 2.45) is 0 Å². The number of hydrogen-bond donors (Lipinski definition) is 0. The van der Waals surface area contributed by atoms with E-state index in [0.717, 1.165) is 100 Å². The van der Waals surface area contributed by atoms with Gasteiger partial charge in [0, 0.05) is 57.8 Å². The van der Waals surface area contributed by atoms with Gasteiger partial charge in [-0.3, -0.25) is 9.97 Å². The molecule has 0 amide bonds. The lowest BCUT2D eigenvalue weighted by Crippen LogP contribution is -1.97. The monoisotopic (exact) mass is 780 g/mol. The molecule has 61 heavy (non-hydrogen) atoms. The number of pyridine rings is 2. The Kier molecular flexibility index (Phi) is 9.10. The minimum atomic E-state index is 0.591. The minimum absolute atomic E-state index is 0.591. The Morgan fingerprint density at radius 2 is 0.787 bits per heavy atom. The number of furan rings is 1. The quantitative estimate of drug-likeness (QED) is 0.154. The third kappa shape index (κ3) is 7.04. The fourth-order valence-corrected chi connectivity index (χ4v) is 8.18. The molecule has 0 aliphatic rings. The van der Waals surface area contributed by atoms with E-state index in [2.05, 4.69) is 168 Å². The average Bonchev–Trinajstić information content (AvgIpc) is 3.74. The van der Waals surface area contributed by atoms with Gasteiger partial charge in [-0.25, -0.2) is 9.97 Å². The second-order valence-electron chi connectivity index (χ2n) is 15.1. The smallest absolute Gasteiger partial charge is 0.164 e. The van der Waals surface area contributed by atoms with Gasteiger partial charge in [-0.2, -0.15) is 0 Å². The highest BCUT2D eigenvalue weighted by atomic mass is 16.3. The standard InChI is InChI=1S/C56H36N4O/c1-2-11-37(12-3-1)38-23-25-39(26-24-38)52-34-53(60-56(59-52)51-21-8-20-50-49-19-4-5-22-54(49)61-55(50)51)48-32-46(42-15-6-13-40(29-42)44-17-9-27-57-35-44)31-47(33-48)43-16-7-14-41(30-43)45-18-10-28-58-36-45/h1-36H. The Balaban J connectivity index is 1.12. The first-order chi connectivity index (χ1) is 30.2. The normalized spacial score (nSPS) is 11.3. The zero-order valence-corrected chi connectivity index (χ0v) is 33.0. The van der Waals surface area contributed by atoms with E-state index in [0.29, 0.717) is 5.82 Å². The Labute approximate surface area is 353 Å². The van der Waals surface area contributed by atoms with Gasteiger partial charge in [0.1, 0.15) is 11.2 Å². The molecule has 0 aliphatic heterocycles. The van der Waals surface area contributed by atoms with Gasteiger partial charge in [-0.1, -0.05) is 133 Å². The molecular weight excluding hydrogens is 745 g/mol. The average molecular weight is 781 g/mol. The zero-order valence-electron chi connectivity index (χ0n) is 33.0. The maximum absolute atomic E-state index is 6.55. The number of fused-ring (bicyclic) bond motifs is 3. The number of benzene rings is 7. The third-order valence-electron chi connectivity index (χ3n) is 11.3. The van der Waals surface area contributed by atoms with E-state index in [1.54, 1.807) is 12.4 Å². The predicted molar refractivity (Wildman–Crippen MR) is 248 cm³/mol. The Morgan fingerprint density at radius 3 is 1.43 bits per heavy atom. The summed E-state index contributed by atoms with van der Waals surface area (Å²) in [6.07, 6.45) is 7.42. The Hall–Kier alpha value is -8.28. The van der Waals surface area contributed by atoms with E-state index in [-0.39, 0.29) is 0 Å². The first-order valence-corrected chi connectivity index (χ1v) is 20.3. The van der Waals surface area contributed by atoms with Gasteiger partial charge in [0.25, 0.3) is 0 Å². The summed E-state index contributed by atoms with van der Waals surface area (Å²) in [7, 11) is 0. The highest BCUT2D eigenvalue weighted by Gasteiger charge is 2.18. The highest BCUT2D eigenvalue weighted by molar-refractivity contribution is 6.09. The number of para-hydroxylation sites is 2. The summed E-state index contributed by atoms with van der Waals surface area (Å²) >= 11 is 0. The van der Waals surface area contributed by atoms with Crippen LogP contribution >= 0.6 is 0 Å². The maximum Gasteiger partial charge on any atom is 0.164 e. The molecule has 5 nitrogen and oxygen atoms in total. The summed E-state index contributed by atoms with van der Waals surface area (Å²) in [5.41, 5.74) is 17.0. The lowest BCUT2D eigenvalue weighted by molar-refractivity contribution is 0.669. The van der Waals surface area contributed by atoms with Crippen molar-refractivity contribution in [1.82, 2.24) is 19.9 Å². The van der Waals surface area contributed by atoms with Gasteiger partial charge in [0.2, 0.25) is 0 Å². The van der Waals surface area contributed by atoms with Gasteiger partial charge >= 0.3 is 0 Å². The van der Waals surface area contributed by atoms with Crippen LogP contribution in [-0.2, 0) is 0 Å². The molecule has 0 unspecified atom stereocenters. The van der Waals surface area contributed by atoms with E-state index in [1.807, 2.05) is 48.8 Å². The minimum Gasteiger partial charge on any atom is -0.455 e. The number of hydrogen-bond acceptors (Lipinski definition) is 5. The largest absolute Gasteiger partial charge is 0.455 e. The SMILES string of the molecule is c1ccc(-c2ccc(-c3cc(-c4cc(-c5cccc(-c6cccnc6)c5)cc(-c5cccc(-c6cccnc6)c5)c4)nc(-c4cccc5c4oc4ccccc45)n3)cc2)cc1. The van der Waals surface area contributed by atoms with Crippen LogP contribution in [0.4, 0.5) is 0 Å². The van der Waals surface area contributed by atoms with Crippen LogP contribution in [0.25, 0.3) is 111 Å². The van der Waals surface area contributed by atoms with E-state index >= 15 is 0 Å². The molecule has 0 saturated carbocycles. The van der Waals surface area contributed by atoms with Crippen LogP contribution in [-0.4, -0.2) is 19.9 Å². The lowest BCUT2D eigenvalue weighted by atomic mass is 9.92. The fraction of sp³-hybridized carbons (Fsp3) is 0. The van der Waals surface area contributed by atoms with Crippen molar-refractivity contribution in [3.05, 3.63) is 219 Å². The second-order valence-corrected chi connectivity index (χ2v) is 15.1. The lowest BCUT2D eigenvalue weighted by Gasteiger charge is -2.14. The molecule has 286 valence electrons. The molecule has 0 fully saturated rings. The van der Waals surface area contributed by atoms with Crippen molar-refractivity contribution < 1.29 is 4.42 Å². The van der Waals surface area contributed by atoms with Crippen molar-refractivity contribution >= 4 is 21.9 Å². The summed E-state index contributed by atoms with van der Waals surface area (Å²) in [6.45, 7) is 0. The van der Waals surface area contributed by atoms with Crippen LogP contribution in [0, 0.1) is 0 Å². The molecule has 5 heteroatoms. The molecule has 0 aliphatic carbocycles. The molecule has 0 radical (unpaired) electrons. The molecule has 0 N–H and O–H groups in total. The number of rotatable bonds is 8. The van der Waals surface area contributed by atoms with E-state index < -0.39 is 0 Å². The van der Waals surface area contributed by atoms with E-state index in [4.69, 9.17) is 14.4 Å². The number of aromatic nitrogens is 4. The van der Waals surface area contributed by atoms with Gasteiger partial charge < -0.3 is 4.42 Å². The Bertz CT molecular complexity index is 3240. The van der Waals surface area contributed by atoms with Gasteiger partial charge in [-0.05, 0) is 105 Å². The summed E-state index contributed by atoms with van der Waals surface area (Å²) in [6, 6.07) is 67.7. The summed E-state index contributed by atoms with van der Waals surface area (Å²) in [5, 5.41) is 2.09. The molecule has 0 saturated heterocycles. The van der Waals surface area contributed by atoms with Crippen LogP contribution in [0.1, 0.15) is 0 Å². The molecule has 11 aromatic rings. The fourth-order valence-electron chi connectivity index (χ4n) is 8.18. The molecule has 0 bridgehead atoms. The zero-order chi connectivity index (χ0) is 40.5. The molecular formula is C56H36N4O. The predicted octanol–water partition coefficient (Wildman–Crippen LogP) is 14.5. The molecule has 7 aromatic carbocycles. The van der Waals surface area contributed by atoms with Crippen LogP contribution in [0.5, 0.6) is 0 Å². The maximum atomic E-state index is 6.55. The van der Waals surface area contributed by atoms with Crippen LogP contribution in [0.3, 0.4) is 0 Å². The van der Waals surface area contributed by atoms with Crippen molar-refractivity contribution in [2.75, 3.05) is 0 Å². The van der Waals surface area contributed by atoms with E-state index in [9.17, 15) is 0 Å². The van der Waals surface area contributed by atoms with Crippen molar-refractivity contribution in [2.45, 2.75) is 0 Å². The topological polar surface area (TPSA) is 64.7 Å². The first kappa shape index (κ1) is 35.8. The molecule has 0 atom stereocenters. The molecule has 0 spiro atoms. The van der Waals surface area contributed by atoms with E-state index in [1.165, 1.54) is 5.56 Å². The van der Waals surface area contributed by atoms with Crippen LogP contribution < -0.4 is 0 Å². The number of nitrogens with zero attached hydrogens (tertiary/aromatic N) is 4. The Morgan fingerprint density at radius 1 is 0.311 bits per heavy atom.